The molecule has 62 valence electrons. The molecule has 0 heterocycles. The Kier molecular flexibility index (Phi) is 5.00. The zero-order valence-corrected chi connectivity index (χ0v) is 9.15. The lowest BCUT2D eigenvalue weighted by atomic mass is 10.1. The fourth-order valence-electron chi connectivity index (χ4n) is 0.595. The molecule has 0 saturated carbocycles. The first kappa shape index (κ1) is 10.2. The summed E-state index contributed by atoms with van der Waals surface area (Å²) in [6.45, 7) is 8.75. The van der Waals surface area contributed by atoms with Crippen LogP contribution in [0.1, 0.15) is 40.5 Å². The van der Waals surface area contributed by atoms with Gasteiger partial charge in [0.15, 0.2) is 9.76 Å². The van der Waals surface area contributed by atoms with E-state index in [0.29, 0.717) is 0 Å². The van der Waals surface area contributed by atoms with Crippen LogP contribution < -0.4 is 0 Å². The molecule has 2 heteroatoms. The van der Waals surface area contributed by atoms with E-state index in [4.69, 9.17) is 4.43 Å². The number of rotatable bonds is 5. The van der Waals surface area contributed by atoms with Gasteiger partial charge in [0.05, 0.1) is 0 Å². The normalized spacial score (nSPS) is 13.2. The lowest BCUT2D eigenvalue weighted by Gasteiger charge is -2.23. The van der Waals surface area contributed by atoms with Gasteiger partial charge in [0.25, 0.3) is 0 Å². The third-order valence-corrected chi connectivity index (χ3v) is 3.82. The Morgan fingerprint density at radius 1 is 1.30 bits per heavy atom. The maximum atomic E-state index is 5.76. The molecule has 0 radical (unpaired) electrons. The Balaban J connectivity index is 3.28. The van der Waals surface area contributed by atoms with Gasteiger partial charge >= 0.3 is 0 Å². The summed E-state index contributed by atoms with van der Waals surface area (Å²) in [5.41, 5.74) is 0.154. The van der Waals surface area contributed by atoms with Crippen LogP contribution in [0, 0.1) is 0 Å². The van der Waals surface area contributed by atoms with Crippen molar-refractivity contribution in [1.82, 2.24) is 0 Å². The molecule has 0 bridgehead atoms. The van der Waals surface area contributed by atoms with Crippen LogP contribution in [-0.2, 0) is 4.43 Å². The topological polar surface area (TPSA) is 9.23 Å². The second-order valence-electron chi connectivity index (χ2n) is 3.32. The Bertz CT molecular complexity index is 81.3. The van der Waals surface area contributed by atoms with Gasteiger partial charge in [0.1, 0.15) is 0 Å². The van der Waals surface area contributed by atoms with E-state index in [1.807, 2.05) is 0 Å². The van der Waals surface area contributed by atoms with Crippen molar-refractivity contribution in [1.29, 1.82) is 0 Å². The molecule has 0 amide bonds. The highest BCUT2D eigenvalue weighted by atomic mass is 28.2. The van der Waals surface area contributed by atoms with Crippen LogP contribution in [0.2, 0.25) is 6.04 Å². The van der Waals surface area contributed by atoms with Crippen LogP contribution in [0.5, 0.6) is 0 Å². The van der Waals surface area contributed by atoms with Crippen molar-refractivity contribution in [2.75, 3.05) is 0 Å². The van der Waals surface area contributed by atoms with E-state index in [2.05, 4.69) is 27.7 Å². The standard InChI is InChI=1S/C8H20OSi/c1-5-7-10-9-8(3,4)6-2/h5-7,10H2,1-4H3. The van der Waals surface area contributed by atoms with Crippen LogP contribution in [0.15, 0.2) is 0 Å². The van der Waals surface area contributed by atoms with Crippen LogP contribution in [0.25, 0.3) is 0 Å². The van der Waals surface area contributed by atoms with Crippen LogP contribution in [0.4, 0.5) is 0 Å². The van der Waals surface area contributed by atoms with E-state index in [1.54, 1.807) is 0 Å². The molecule has 0 fully saturated rings. The first-order valence-electron chi connectivity index (χ1n) is 4.26. The van der Waals surface area contributed by atoms with Crippen molar-refractivity contribution in [3.05, 3.63) is 0 Å². The number of hydrogen-bond donors (Lipinski definition) is 0. The predicted molar refractivity (Wildman–Crippen MR) is 49.1 cm³/mol. The van der Waals surface area contributed by atoms with Crippen molar-refractivity contribution in [2.24, 2.45) is 0 Å². The van der Waals surface area contributed by atoms with E-state index >= 15 is 0 Å². The first-order chi connectivity index (χ1) is 4.62. The smallest absolute Gasteiger partial charge is 0.162 e. The molecule has 1 nitrogen and oxygen atoms in total. The highest BCUT2D eigenvalue weighted by Gasteiger charge is 2.13. The maximum absolute atomic E-state index is 5.76. The van der Waals surface area contributed by atoms with E-state index in [1.165, 1.54) is 12.5 Å². The molecule has 0 aromatic heterocycles. The minimum atomic E-state index is -0.204. The lowest BCUT2D eigenvalue weighted by molar-refractivity contribution is 0.111. The molecule has 0 N–H and O–H groups in total. The van der Waals surface area contributed by atoms with Crippen molar-refractivity contribution in [3.63, 3.8) is 0 Å². The monoisotopic (exact) mass is 160 g/mol. The molecular weight excluding hydrogens is 140 g/mol. The van der Waals surface area contributed by atoms with Crippen molar-refractivity contribution in [2.45, 2.75) is 52.2 Å². The van der Waals surface area contributed by atoms with Gasteiger partial charge in [-0.2, -0.15) is 0 Å². The molecule has 0 aliphatic rings. The van der Waals surface area contributed by atoms with Crippen LogP contribution >= 0.6 is 0 Å². The predicted octanol–water partition coefficient (Wildman–Crippen LogP) is 2.10. The maximum Gasteiger partial charge on any atom is 0.162 e. The van der Waals surface area contributed by atoms with Gasteiger partial charge in [-0.05, 0) is 26.3 Å². The minimum Gasteiger partial charge on any atom is -0.419 e. The van der Waals surface area contributed by atoms with E-state index in [0.717, 1.165) is 6.42 Å². The summed E-state index contributed by atoms with van der Waals surface area (Å²) in [5, 5.41) is 0. The van der Waals surface area contributed by atoms with Crippen LogP contribution in [-0.4, -0.2) is 15.4 Å². The average molecular weight is 160 g/mol. The van der Waals surface area contributed by atoms with Gasteiger partial charge in [-0.3, -0.25) is 0 Å². The zero-order chi connectivity index (χ0) is 8.04. The fraction of sp³-hybridized carbons (Fsp3) is 1.00. The molecule has 0 atom stereocenters. The molecule has 0 unspecified atom stereocenters. The molecule has 0 aromatic carbocycles. The summed E-state index contributed by atoms with van der Waals surface area (Å²) in [4.78, 5) is 0. The molecule has 0 rings (SSSR count). The largest absolute Gasteiger partial charge is 0.419 e. The second-order valence-corrected chi connectivity index (χ2v) is 4.72. The van der Waals surface area contributed by atoms with Crippen LogP contribution in [0.3, 0.4) is 0 Å². The van der Waals surface area contributed by atoms with E-state index < -0.39 is 0 Å². The SMILES string of the molecule is CCC[SiH2]OC(C)(C)CC. The summed E-state index contributed by atoms with van der Waals surface area (Å²) in [7, 11) is -0.204. The summed E-state index contributed by atoms with van der Waals surface area (Å²) in [6, 6.07) is 1.32. The summed E-state index contributed by atoms with van der Waals surface area (Å²) in [5.74, 6) is 0. The highest BCUT2D eigenvalue weighted by Crippen LogP contribution is 2.12. The number of hydrogen-bond acceptors (Lipinski definition) is 1. The quantitative estimate of drug-likeness (QED) is 0.442. The van der Waals surface area contributed by atoms with Gasteiger partial charge in [0, 0.05) is 5.60 Å². The van der Waals surface area contributed by atoms with E-state index in [9.17, 15) is 0 Å². The fourth-order valence-corrected chi connectivity index (χ4v) is 1.78. The molecule has 0 aliphatic carbocycles. The van der Waals surface area contributed by atoms with Gasteiger partial charge in [-0.25, -0.2) is 0 Å². The van der Waals surface area contributed by atoms with Gasteiger partial charge in [-0.15, -0.1) is 0 Å². The molecule has 0 spiro atoms. The molecular formula is C8H20OSi. The Labute approximate surface area is 67.1 Å². The Morgan fingerprint density at radius 2 is 1.90 bits per heavy atom. The molecule has 10 heavy (non-hydrogen) atoms. The molecule has 0 aliphatic heterocycles. The highest BCUT2D eigenvalue weighted by molar-refractivity contribution is 6.27. The van der Waals surface area contributed by atoms with Crippen molar-refractivity contribution >= 4 is 9.76 Å². The summed E-state index contributed by atoms with van der Waals surface area (Å²) in [6.07, 6.45) is 2.41. The molecule has 0 aromatic rings. The summed E-state index contributed by atoms with van der Waals surface area (Å²) < 4.78 is 5.76. The lowest BCUT2D eigenvalue weighted by Crippen LogP contribution is -2.24. The Hall–Kier alpha value is 0.177. The van der Waals surface area contributed by atoms with Gasteiger partial charge < -0.3 is 4.43 Å². The Morgan fingerprint density at radius 3 is 2.30 bits per heavy atom. The average Bonchev–Trinajstić information content (AvgIpc) is 1.89. The van der Waals surface area contributed by atoms with Crippen molar-refractivity contribution in [3.8, 4) is 0 Å². The minimum absolute atomic E-state index is 0.154. The van der Waals surface area contributed by atoms with Gasteiger partial charge in [-0.1, -0.05) is 20.3 Å². The van der Waals surface area contributed by atoms with E-state index in [-0.39, 0.29) is 15.4 Å². The zero-order valence-electron chi connectivity index (χ0n) is 7.74. The first-order valence-corrected chi connectivity index (χ1v) is 5.84. The summed E-state index contributed by atoms with van der Waals surface area (Å²) >= 11 is 0. The third-order valence-electron chi connectivity index (χ3n) is 1.84. The third kappa shape index (κ3) is 5.00. The molecule has 0 saturated heterocycles. The second kappa shape index (κ2) is 4.91. The van der Waals surface area contributed by atoms with Crippen molar-refractivity contribution < 1.29 is 4.43 Å². The van der Waals surface area contributed by atoms with Gasteiger partial charge in [0.2, 0.25) is 0 Å².